The molecule has 2 aromatic rings. The highest BCUT2D eigenvalue weighted by molar-refractivity contribution is 6.04. The van der Waals surface area contributed by atoms with Crippen LogP contribution in [0.15, 0.2) is 18.2 Å². The van der Waals surface area contributed by atoms with Crippen molar-refractivity contribution in [2.45, 2.75) is 25.3 Å². The lowest BCUT2D eigenvalue weighted by molar-refractivity contribution is 0.100. The number of aromatic amines is 1. The van der Waals surface area contributed by atoms with Gasteiger partial charge in [0.05, 0.1) is 17.1 Å². The lowest BCUT2D eigenvalue weighted by Crippen LogP contribution is -2.27. The van der Waals surface area contributed by atoms with Crippen molar-refractivity contribution < 1.29 is 4.79 Å². The van der Waals surface area contributed by atoms with Gasteiger partial charge < -0.3 is 16.0 Å². The Bertz CT molecular complexity index is 584. The first-order valence-electron chi connectivity index (χ1n) is 6.27. The summed E-state index contributed by atoms with van der Waals surface area (Å²) >= 11 is 0. The fraction of sp³-hybridized carbons (Fsp3) is 0.385. The molecule has 1 saturated heterocycles. The number of imidazole rings is 1. The van der Waals surface area contributed by atoms with Crippen molar-refractivity contribution in [3.05, 3.63) is 29.6 Å². The summed E-state index contributed by atoms with van der Waals surface area (Å²) in [4.78, 5) is 19.2. The van der Waals surface area contributed by atoms with Gasteiger partial charge in [-0.1, -0.05) is 12.5 Å². The van der Waals surface area contributed by atoms with Gasteiger partial charge in [0.25, 0.3) is 5.91 Å². The SMILES string of the molecule is NC(=O)c1cccc2[nH]c([C@@H]3CCCCN3)nc12. The summed E-state index contributed by atoms with van der Waals surface area (Å²) in [6.07, 6.45) is 3.49. The van der Waals surface area contributed by atoms with E-state index in [-0.39, 0.29) is 6.04 Å². The molecule has 1 aromatic carbocycles. The lowest BCUT2D eigenvalue weighted by Gasteiger charge is -2.21. The van der Waals surface area contributed by atoms with E-state index in [2.05, 4.69) is 15.3 Å². The molecule has 2 heterocycles. The average molecular weight is 244 g/mol. The topological polar surface area (TPSA) is 83.8 Å². The highest BCUT2D eigenvalue weighted by atomic mass is 16.1. The van der Waals surface area contributed by atoms with Crippen molar-refractivity contribution in [1.29, 1.82) is 0 Å². The summed E-state index contributed by atoms with van der Waals surface area (Å²) in [5, 5.41) is 3.44. The molecule has 1 fully saturated rings. The molecule has 5 heteroatoms. The minimum absolute atomic E-state index is 0.256. The predicted octanol–water partition coefficient (Wildman–Crippen LogP) is 1.48. The molecule has 0 saturated carbocycles. The number of nitrogens with two attached hydrogens (primary N) is 1. The summed E-state index contributed by atoms with van der Waals surface area (Å²) < 4.78 is 0. The van der Waals surface area contributed by atoms with Gasteiger partial charge in [-0.15, -0.1) is 0 Å². The van der Waals surface area contributed by atoms with Crippen LogP contribution < -0.4 is 11.1 Å². The molecule has 5 nitrogen and oxygen atoms in total. The fourth-order valence-corrected chi connectivity index (χ4v) is 2.50. The minimum Gasteiger partial charge on any atom is -0.366 e. The Morgan fingerprint density at radius 1 is 1.39 bits per heavy atom. The summed E-state index contributed by atoms with van der Waals surface area (Å²) in [5.74, 6) is 0.466. The molecule has 4 N–H and O–H groups in total. The average Bonchev–Trinajstić information content (AvgIpc) is 2.83. The van der Waals surface area contributed by atoms with Crippen molar-refractivity contribution in [3.63, 3.8) is 0 Å². The second kappa shape index (κ2) is 4.42. The normalized spacial score (nSPS) is 20.1. The van der Waals surface area contributed by atoms with Crippen molar-refractivity contribution >= 4 is 16.9 Å². The Hall–Kier alpha value is -1.88. The standard InChI is InChI=1S/C13H16N4O/c14-12(18)8-4-3-6-9-11(8)17-13(16-9)10-5-1-2-7-15-10/h3-4,6,10,15H,1-2,5,7H2,(H2,14,18)(H,16,17)/t10-/m0/s1. The van der Waals surface area contributed by atoms with Crippen LogP contribution >= 0.6 is 0 Å². The van der Waals surface area contributed by atoms with Gasteiger partial charge in [0.1, 0.15) is 11.3 Å². The van der Waals surface area contributed by atoms with Gasteiger partial charge in [-0.25, -0.2) is 4.98 Å². The molecule has 1 atom stereocenters. The largest absolute Gasteiger partial charge is 0.366 e. The smallest absolute Gasteiger partial charge is 0.250 e. The maximum absolute atomic E-state index is 11.4. The Morgan fingerprint density at radius 2 is 2.28 bits per heavy atom. The van der Waals surface area contributed by atoms with Gasteiger partial charge in [0.2, 0.25) is 0 Å². The van der Waals surface area contributed by atoms with Gasteiger partial charge in [-0.05, 0) is 31.5 Å². The van der Waals surface area contributed by atoms with Crippen LogP contribution in [0.1, 0.15) is 41.5 Å². The number of carbonyl (C=O) groups excluding carboxylic acids is 1. The summed E-state index contributed by atoms with van der Waals surface area (Å²) in [6.45, 7) is 1.02. The molecule has 1 aliphatic rings. The van der Waals surface area contributed by atoms with E-state index in [0.29, 0.717) is 11.1 Å². The number of rotatable bonds is 2. The quantitative estimate of drug-likeness (QED) is 0.748. The first-order valence-corrected chi connectivity index (χ1v) is 6.27. The zero-order valence-corrected chi connectivity index (χ0v) is 10.1. The molecule has 0 spiro atoms. The number of carbonyl (C=O) groups is 1. The molecule has 0 radical (unpaired) electrons. The monoisotopic (exact) mass is 244 g/mol. The Balaban J connectivity index is 2.04. The number of hydrogen-bond donors (Lipinski definition) is 3. The van der Waals surface area contributed by atoms with E-state index in [1.165, 1.54) is 12.8 Å². The third-order valence-electron chi connectivity index (χ3n) is 3.44. The van der Waals surface area contributed by atoms with E-state index in [4.69, 9.17) is 5.73 Å². The van der Waals surface area contributed by atoms with E-state index in [0.717, 1.165) is 24.3 Å². The van der Waals surface area contributed by atoms with Crippen molar-refractivity contribution in [1.82, 2.24) is 15.3 Å². The van der Waals surface area contributed by atoms with Gasteiger partial charge in [0, 0.05) is 0 Å². The fourth-order valence-electron chi connectivity index (χ4n) is 2.50. The third-order valence-corrected chi connectivity index (χ3v) is 3.44. The number of nitrogens with one attached hydrogen (secondary N) is 2. The minimum atomic E-state index is -0.435. The molecule has 18 heavy (non-hydrogen) atoms. The molecule has 1 aliphatic heterocycles. The number of fused-ring (bicyclic) bond motifs is 1. The molecule has 1 amide bonds. The number of para-hydroxylation sites is 1. The van der Waals surface area contributed by atoms with Crippen LogP contribution in [-0.2, 0) is 0 Å². The summed E-state index contributed by atoms with van der Waals surface area (Å²) in [6, 6.07) is 5.70. The van der Waals surface area contributed by atoms with Crippen LogP contribution in [0.5, 0.6) is 0 Å². The number of H-pyrrole nitrogens is 1. The third kappa shape index (κ3) is 1.86. The van der Waals surface area contributed by atoms with E-state index in [1.54, 1.807) is 6.07 Å². The van der Waals surface area contributed by atoms with Gasteiger partial charge in [-0.3, -0.25) is 4.79 Å². The van der Waals surface area contributed by atoms with E-state index < -0.39 is 5.91 Å². The van der Waals surface area contributed by atoms with E-state index >= 15 is 0 Å². The van der Waals surface area contributed by atoms with E-state index in [9.17, 15) is 4.79 Å². The van der Waals surface area contributed by atoms with Gasteiger partial charge >= 0.3 is 0 Å². The Labute approximate surface area is 105 Å². The lowest BCUT2D eigenvalue weighted by atomic mass is 10.0. The van der Waals surface area contributed by atoms with Crippen LogP contribution in [0.25, 0.3) is 11.0 Å². The molecule has 94 valence electrons. The molecule has 0 bridgehead atoms. The van der Waals surface area contributed by atoms with Crippen molar-refractivity contribution in [3.8, 4) is 0 Å². The number of hydrogen-bond acceptors (Lipinski definition) is 3. The number of aromatic nitrogens is 2. The number of nitrogens with zero attached hydrogens (tertiary/aromatic N) is 1. The maximum Gasteiger partial charge on any atom is 0.250 e. The maximum atomic E-state index is 11.4. The molecule has 1 aromatic heterocycles. The zero-order valence-electron chi connectivity index (χ0n) is 10.1. The number of piperidine rings is 1. The number of primary amides is 1. The molecule has 0 aliphatic carbocycles. The Kier molecular flexibility index (Phi) is 2.76. The van der Waals surface area contributed by atoms with Crippen LogP contribution in [0.3, 0.4) is 0 Å². The highest BCUT2D eigenvalue weighted by Gasteiger charge is 2.19. The first kappa shape index (κ1) is 11.2. The van der Waals surface area contributed by atoms with E-state index in [1.807, 2.05) is 12.1 Å². The zero-order chi connectivity index (χ0) is 12.5. The highest BCUT2D eigenvalue weighted by Crippen LogP contribution is 2.24. The van der Waals surface area contributed by atoms with Crippen LogP contribution in [0.4, 0.5) is 0 Å². The van der Waals surface area contributed by atoms with Crippen molar-refractivity contribution in [2.24, 2.45) is 5.73 Å². The Morgan fingerprint density at radius 3 is 3.00 bits per heavy atom. The van der Waals surface area contributed by atoms with Crippen molar-refractivity contribution in [2.75, 3.05) is 6.54 Å². The second-order valence-corrected chi connectivity index (χ2v) is 4.69. The van der Waals surface area contributed by atoms with Crippen LogP contribution in [-0.4, -0.2) is 22.4 Å². The van der Waals surface area contributed by atoms with Gasteiger partial charge in [0.15, 0.2) is 0 Å². The molecule has 0 unspecified atom stereocenters. The molecular weight excluding hydrogens is 228 g/mol. The summed E-state index contributed by atoms with van der Waals surface area (Å²) in [5.41, 5.74) is 7.38. The second-order valence-electron chi connectivity index (χ2n) is 4.69. The number of benzene rings is 1. The summed E-state index contributed by atoms with van der Waals surface area (Å²) in [7, 11) is 0. The first-order chi connectivity index (χ1) is 8.75. The molecule has 3 rings (SSSR count). The number of amides is 1. The van der Waals surface area contributed by atoms with Gasteiger partial charge in [-0.2, -0.15) is 0 Å². The van der Waals surface area contributed by atoms with Crippen LogP contribution in [0.2, 0.25) is 0 Å². The van der Waals surface area contributed by atoms with Crippen LogP contribution in [0, 0.1) is 0 Å². The molecular formula is C13H16N4O. The predicted molar refractivity (Wildman–Crippen MR) is 69.2 cm³/mol.